The van der Waals surface area contributed by atoms with Gasteiger partial charge in [-0.25, -0.2) is 13.1 Å². The second-order valence-corrected chi connectivity index (χ2v) is 8.49. The Hall–Kier alpha value is -0.910. The molecule has 0 saturated carbocycles. The van der Waals surface area contributed by atoms with E-state index in [1.54, 1.807) is 0 Å². The minimum absolute atomic E-state index is 0.365. The molecule has 4 nitrogen and oxygen atoms in total. The third-order valence-electron chi connectivity index (χ3n) is 5.29. The highest BCUT2D eigenvalue weighted by atomic mass is 32.2. The third kappa shape index (κ3) is 3.07. The Morgan fingerprint density at radius 3 is 1.73 bits per heavy atom. The van der Waals surface area contributed by atoms with Crippen molar-refractivity contribution in [3.05, 3.63) is 27.8 Å². The number of piperidine rings is 1. The summed E-state index contributed by atoms with van der Waals surface area (Å²) < 4.78 is 29.0. The Kier molecular flexibility index (Phi) is 4.71. The molecule has 0 atom stereocenters. The smallest absolute Gasteiger partial charge is 0.241 e. The monoisotopic (exact) mass is 324 g/mol. The minimum atomic E-state index is -3.52. The fourth-order valence-electron chi connectivity index (χ4n) is 3.32. The Labute approximate surface area is 134 Å². The van der Waals surface area contributed by atoms with Crippen molar-refractivity contribution in [1.29, 1.82) is 0 Å². The van der Waals surface area contributed by atoms with Crippen molar-refractivity contribution in [3.63, 3.8) is 0 Å². The highest BCUT2D eigenvalue weighted by Crippen LogP contribution is 2.31. The van der Waals surface area contributed by atoms with Gasteiger partial charge in [-0.2, -0.15) is 0 Å². The van der Waals surface area contributed by atoms with Crippen molar-refractivity contribution in [3.8, 4) is 0 Å². The van der Waals surface area contributed by atoms with Gasteiger partial charge >= 0.3 is 0 Å². The van der Waals surface area contributed by atoms with E-state index in [1.165, 1.54) is 5.56 Å². The summed E-state index contributed by atoms with van der Waals surface area (Å²) in [7, 11) is -3.52. The molecule has 0 aromatic heterocycles. The molecule has 124 valence electrons. The van der Waals surface area contributed by atoms with Crippen LogP contribution in [0.1, 0.15) is 47.6 Å². The number of benzene rings is 1. The largest absolute Gasteiger partial charge is 0.317 e. The van der Waals surface area contributed by atoms with Crippen LogP contribution in [0, 0.1) is 34.6 Å². The van der Waals surface area contributed by atoms with Crippen LogP contribution in [0.2, 0.25) is 0 Å². The van der Waals surface area contributed by atoms with Crippen LogP contribution in [0.3, 0.4) is 0 Å². The summed E-state index contributed by atoms with van der Waals surface area (Å²) in [6, 6.07) is 0. The normalized spacial score (nSPS) is 18.5. The summed E-state index contributed by atoms with van der Waals surface area (Å²) in [5.74, 6) is 0. The zero-order valence-corrected chi connectivity index (χ0v) is 15.4. The molecule has 1 aromatic carbocycles. The van der Waals surface area contributed by atoms with Gasteiger partial charge in [-0.1, -0.05) is 0 Å². The lowest BCUT2D eigenvalue weighted by Crippen LogP contribution is -2.52. The molecular weight excluding hydrogens is 296 g/mol. The molecule has 5 heteroatoms. The topological polar surface area (TPSA) is 58.2 Å². The van der Waals surface area contributed by atoms with Crippen molar-refractivity contribution in [2.75, 3.05) is 13.1 Å². The molecule has 22 heavy (non-hydrogen) atoms. The summed E-state index contributed by atoms with van der Waals surface area (Å²) in [6.45, 7) is 13.6. The maximum atomic E-state index is 13.0. The number of rotatable bonds is 3. The van der Waals surface area contributed by atoms with E-state index in [0.29, 0.717) is 4.90 Å². The number of nitrogens with one attached hydrogen (secondary N) is 2. The van der Waals surface area contributed by atoms with E-state index in [1.807, 2.05) is 34.6 Å². The standard InChI is InChI=1S/C17H28N2O2S/c1-11-12(2)14(4)16(15(5)13(11)3)22(20,21)19-17(6)7-9-18-10-8-17/h18-19H,7-10H2,1-6H3. The van der Waals surface area contributed by atoms with Gasteiger partial charge in [-0.15, -0.1) is 0 Å². The molecule has 1 aromatic rings. The average molecular weight is 324 g/mol. The predicted octanol–water partition coefficient (Wildman–Crippen LogP) is 2.65. The predicted molar refractivity (Wildman–Crippen MR) is 91.0 cm³/mol. The quantitative estimate of drug-likeness (QED) is 0.898. The molecular formula is C17H28N2O2S. The van der Waals surface area contributed by atoms with E-state index in [9.17, 15) is 8.42 Å². The molecule has 0 aliphatic carbocycles. The number of hydrogen-bond acceptors (Lipinski definition) is 3. The van der Waals surface area contributed by atoms with Crippen LogP contribution in [-0.4, -0.2) is 27.0 Å². The van der Waals surface area contributed by atoms with Crippen molar-refractivity contribution in [2.24, 2.45) is 0 Å². The van der Waals surface area contributed by atoms with Gasteiger partial charge in [0.05, 0.1) is 4.90 Å². The van der Waals surface area contributed by atoms with Crippen LogP contribution < -0.4 is 10.0 Å². The first kappa shape index (κ1) is 17.4. The van der Waals surface area contributed by atoms with Crippen LogP contribution in [0.25, 0.3) is 0 Å². The van der Waals surface area contributed by atoms with E-state index in [4.69, 9.17) is 0 Å². The lowest BCUT2D eigenvalue weighted by molar-refractivity contribution is 0.308. The lowest BCUT2D eigenvalue weighted by atomic mass is 9.92. The summed E-state index contributed by atoms with van der Waals surface area (Å²) >= 11 is 0. The summed E-state index contributed by atoms with van der Waals surface area (Å²) in [5, 5.41) is 3.28. The second-order valence-electron chi connectivity index (χ2n) is 6.87. The minimum Gasteiger partial charge on any atom is -0.317 e. The maximum absolute atomic E-state index is 13.0. The average Bonchev–Trinajstić information content (AvgIpc) is 2.42. The molecule has 0 unspecified atom stereocenters. The van der Waals surface area contributed by atoms with Gasteiger partial charge in [-0.05, 0) is 95.3 Å². The van der Waals surface area contributed by atoms with Gasteiger partial charge < -0.3 is 5.32 Å². The fourth-order valence-corrected chi connectivity index (χ4v) is 5.39. The SMILES string of the molecule is Cc1c(C)c(C)c(S(=O)(=O)NC2(C)CCNCC2)c(C)c1C. The van der Waals surface area contributed by atoms with Crippen molar-refractivity contribution >= 4 is 10.0 Å². The van der Waals surface area contributed by atoms with Crippen LogP contribution in [0.4, 0.5) is 0 Å². The molecule has 0 spiro atoms. The highest BCUT2D eigenvalue weighted by Gasteiger charge is 2.34. The summed E-state index contributed by atoms with van der Waals surface area (Å²) in [4.78, 5) is 0.466. The number of sulfonamides is 1. The van der Waals surface area contributed by atoms with Gasteiger partial charge in [0.15, 0.2) is 0 Å². The van der Waals surface area contributed by atoms with Crippen molar-refractivity contribution < 1.29 is 8.42 Å². The Morgan fingerprint density at radius 1 is 0.864 bits per heavy atom. The molecule has 1 aliphatic heterocycles. The molecule has 1 heterocycles. The van der Waals surface area contributed by atoms with E-state index < -0.39 is 10.0 Å². The summed E-state index contributed by atoms with van der Waals surface area (Å²) in [5.41, 5.74) is 4.69. The molecule has 2 rings (SSSR count). The van der Waals surface area contributed by atoms with E-state index in [-0.39, 0.29) is 5.54 Å². The van der Waals surface area contributed by atoms with Crippen LogP contribution in [0.15, 0.2) is 4.90 Å². The van der Waals surface area contributed by atoms with E-state index in [0.717, 1.165) is 48.2 Å². The number of hydrogen-bond donors (Lipinski definition) is 2. The van der Waals surface area contributed by atoms with Crippen LogP contribution in [-0.2, 0) is 10.0 Å². The first-order valence-corrected chi connectivity index (χ1v) is 9.39. The highest BCUT2D eigenvalue weighted by molar-refractivity contribution is 7.89. The van der Waals surface area contributed by atoms with Crippen LogP contribution >= 0.6 is 0 Å². The van der Waals surface area contributed by atoms with Gasteiger partial charge in [0.25, 0.3) is 0 Å². The van der Waals surface area contributed by atoms with Crippen LogP contribution in [0.5, 0.6) is 0 Å². The van der Waals surface area contributed by atoms with Gasteiger partial charge in [0.2, 0.25) is 10.0 Å². The molecule has 1 fully saturated rings. The summed E-state index contributed by atoms with van der Waals surface area (Å²) in [6.07, 6.45) is 1.63. The third-order valence-corrected chi connectivity index (χ3v) is 7.20. The molecule has 2 N–H and O–H groups in total. The lowest BCUT2D eigenvalue weighted by Gasteiger charge is -2.35. The zero-order valence-electron chi connectivity index (χ0n) is 14.6. The Balaban J connectivity index is 2.51. The molecule has 0 bridgehead atoms. The maximum Gasteiger partial charge on any atom is 0.241 e. The van der Waals surface area contributed by atoms with Gasteiger partial charge in [-0.3, -0.25) is 0 Å². The van der Waals surface area contributed by atoms with E-state index >= 15 is 0 Å². The fraction of sp³-hybridized carbons (Fsp3) is 0.647. The molecule has 1 aliphatic rings. The molecule has 0 amide bonds. The van der Waals surface area contributed by atoms with Crippen molar-refractivity contribution in [2.45, 2.75) is 64.8 Å². The first-order valence-electron chi connectivity index (χ1n) is 7.91. The Bertz CT molecular complexity index is 658. The van der Waals surface area contributed by atoms with Gasteiger partial charge in [0.1, 0.15) is 0 Å². The first-order chi connectivity index (χ1) is 10.1. The van der Waals surface area contributed by atoms with Gasteiger partial charge in [0, 0.05) is 5.54 Å². The van der Waals surface area contributed by atoms with Crippen molar-refractivity contribution in [1.82, 2.24) is 10.0 Å². The zero-order chi connectivity index (χ0) is 16.7. The Morgan fingerprint density at radius 2 is 1.27 bits per heavy atom. The second kappa shape index (κ2) is 5.95. The molecule has 1 saturated heterocycles. The van der Waals surface area contributed by atoms with E-state index in [2.05, 4.69) is 17.0 Å². The molecule has 0 radical (unpaired) electrons.